The summed E-state index contributed by atoms with van der Waals surface area (Å²) in [5.74, 6) is -0.0922. The van der Waals surface area contributed by atoms with Gasteiger partial charge in [-0.2, -0.15) is 0 Å². The normalized spacial score (nSPS) is 23.9. The van der Waals surface area contributed by atoms with Crippen LogP contribution in [0.25, 0.3) is 0 Å². The molecule has 1 heterocycles. The van der Waals surface area contributed by atoms with E-state index in [1.807, 2.05) is 17.9 Å². The number of rotatable bonds is 3. The standard InChI is InChI=1S/C15H20Cl2N2O/c1-10(11-3-4-12(16)13(17)7-11)14(20)19-6-5-15(2,8-18)9-19/h3-4,7,10H,5-6,8-9,18H2,1-2H3. The van der Waals surface area contributed by atoms with Crippen molar-refractivity contribution in [3.05, 3.63) is 33.8 Å². The average molecular weight is 315 g/mol. The van der Waals surface area contributed by atoms with Gasteiger partial charge in [-0.15, -0.1) is 0 Å². The quantitative estimate of drug-likeness (QED) is 0.930. The van der Waals surface area contributed by atoms with Crippen LogP contribution in [-0.4, -0.2) is 30.4 Å². The first-order chi connectivity index (χ1) is 9.36. The lowest BCUT2D eigenvalue weighted by atomic mass is 9.90. The molecule has 3 nitrogen and oxygen atoms in total. The van der Waals surface area contributed by atoms with Crippen molar-refractivity contribution in [3.8, 4) is 0 Å². The van der Waals surface area contributed by atoms with Crippen molar-refractivity contribution in [2.45, 2.75) is 26.2 Å². The van der Waals surface area contributed by atoms with Gasteiger partial charge >= 0.3 is 0 Å². The molecule has 1 aromatic carbocycles. The van der Waals surface area contributed by atoms with Crippen LogP contribution in [0, 0.1) is 5.41 Å². The number of amides is 1. The molecule has 1 fully saturated rings. The summed E-state index contributed by atoms with van der Waals surface area (Å²) in [5, 5.41) is 0.990. The molecule has 2 unspecified atom stereocenters. The minimum absolute atomic E-state index is 0.0486. The van der Waals surface area contributed by atoms with Gasteiger partial charge in [-0.05, 0) is 43.0 Å². The van der Waals surface area contributed by atoms with E-state index in [0.717, 1.165) is 25.1 Å². The number of nitrogens with zero attached hydrogens (tertiary/aromatic N) is 1. The molecule has 2 rings (SSSR count). The molecule has 0 aliphatic carbocycles. The largest absolute Gasteiger partial charge is 0.342 e. The monoisotopic (exact) mass is 314 g/mol. The fourth-order valence-electron chi connectivity index (χ4n) is 2.58. The molecule has 2 N–H and O–H groups in total. The van der Waals surface area contributed by atoms with Crippen LogP contribution in [0.15, 0.2) is 18.2 Å². The van der Waals surface area contributed by atoms with Crippen LogP contribution in [-0.2, 0) is 4.79 Å². The van der Waals surface area contributed by atoms with Gasteiger partial charge < -0.3 is 10.6 Å². The summed E-state index contributed by atoms with van der Waals surface area (Å²) in [5.41, 5.74) is 6.73. The van der Waals surface area contributed by atoms with Gasteiger partial charge in [-0.25, -0.2) is 0 Å². The minimum Gasteiger partial charge on any atom is -0.342 e. The summed E-state index contributed by atoms with van der Waals surface area (Å²) in [6.45, 7) is 6.15. The first-order valence-corrected chi connectivity index (χ1v) is 7.56. The molecule has 0 spiro atoms. The van der Waals surface area contributed by atoms with Crippen molar-refractivity contribution in [2.75, 3.05) is 19.6 Å². The van der Waals surface area contributed by atoms with Crippen LogP contribution in [0.3, 0.4) is 0 Å². The fraction of sp³-hybridized carbons (Fsp3) is 0.533. The predicted octanol–water partition coefficient (Wildman–Crippen LogP) is 3.29. The number of benzene rings is 1. The summed E-state index contributed by atoms with van der Waals surface area (Å²) in [4.78, 5) is 14.5. The summed E-state index contributed by atoms with van der Waals surface area (Å²) < 4.78 is 0. The molecular weight excluding hydrogens is 295 g/mol. The number of halogens is 2. The molecular formula is C15H20Cl2N2O. The van der Waals surface area contributed by atoms with E-state index in [9.17, 15) is 4.79 Å². The van der Waals surface area contributed by atoms with Crippen molar-refractivity contribution < 1.29 is 4.79 Å². The summed E-state index contributed by atoms with van der Waals surface area (Å²) in [6.07, 6.45) is 0.962. The second-order valence-electron chi connectivity index (χ2n) is 5.92. The third-order valence-electron chi connectivity index (χ3n) is 4.18. The fourth-order valence-corrected chi connectivity index (χ4v) is 2.88. The highest BCUT2D eigenvalue weighted by Crippen LogP contribution is 2.32. The molecule has 1 aliphatic rings. The lowest BCUT2D eigenvalue weighted by molar-refractivity contribution is -0.131. The van der Waals surface area contributed by atoms with Gasteiger partial charge in [0.2, 0.25) is 5.91 Å². The Labute approximate surface area is 130 Å². The maximum absolute atomic E-state index is 12.6. The second-order valence-corrected chi connectivity index (χ2v) is 6.73. The Morgan fingerprint density at radius 3 is 2.70 bits per heavy atom. The first kappa shape index (κ1) is 15.6. The highest BCUT2D eigenvalue weighted by molar-refractivity contribution is 6.42. The van der Waals surface area contributed by atoms with E-state index in [4.69, 9.17) is 28.9 Å². The zero-order chi connectivity index (χ0) is 14.9. The SMILES string of the molecule is CC(C(=O)N1CCC(C)(CN)C1)c1ccc(Cl)c(Cl)c1. The molecule has 0 aromatic heterocycles. The third kappa shape index (κ3) is 3.11. The number of carbonyl (C=O) groups is 1. The molecule has 1 amide bonds. The van der Waals surface area contributed by atoms with Gasteiger partial charge in [0.1, 0.15) is 0 Å². The van der Waals surface area contributed by atoms with Crippen molar-refractivity contribution in [1.29, 1.82) is 0 Å². The maximum Gasteiger partial charge on any atom is 0.229 e. The smallest absolute Gasteiger partial charge is 0.229 e. The van der Waals surface area contributed by atoms with Crippen molar-refractivity contribution in [3.63, 3.8) is 0 Å². The van der Waals surface area contributed by atoms with Gasteiger partial charge in [0.25, 0.3) is 0 Å². The Balaban J connectivity index is 2.11. The van der Waals surface area contributed by atoms with Gasteiger partial charge in [0.15, 0.2) is 0 Å². The van der Waals surface area contributed by atoms with Gasteiger partial charge in [0, 0.05) is 13.1 Å². The Morgan fingerprint density at radius 1 is 1.45 bits per heavy atom. The van der Waals surface area contributed by atoms with Gasteiger partial charge in [-0.1, -0.05) is 36.2 Å². The van der Waals surface area contributed by atoms with E-state index in [2.05, 4.69) is 6.92 Å². The maximum atomic E-state index is 12.6. The minimum atomic E-state index is -0.218. The second kappa shape index (κ2) is 5.92. The molecule has 1 aliphatic heterocycles. The highest BCUT2D eigenvalue weighted by Gasteiger charge is 2.36. The molecule has 2 atom stereocenters. The van der Waals surface area contributed by atoms with E-state index < -0.39 is 0 Å². The van der Waals surface area contributed by atoms with Crippen LogP contribution in [0.4, 0.5) is 0 Å². The number of nitrogens with two attached hydrogens (primary N) is 1. The van der Waals surface area contributed by atoms with E-state index in [1.165, 1.54) is 0 Å². The highest BCUT2D eigenvalue weighted by atomic mass is 35.5. The van der Waals surface area contributed by atoms with Crippen LogP contribution in [0.1, 0.15) is 31.7 Å². The molecule has 110 valence electrons. The Kier molecular flexibility index (Phi) is 4.62. The molecule has 5 heteroatoms. The molecule has 0 bridgehead atoms. The first-order valence-electron chi connectivity index (χ1n) is 6.80. The van der Waals surface area contributed by atoms with Gasteiger partial charge in [-0.3, -0.25) is 4.79 Å². The number of carbonyl (C=O) groups excluding carboxylic acids is 1. The van der Waals surface area contributed by atoms with E-state index in [0.29, 0.717) is 16.6 Å². The zero-order valence-electron chi connectivity index (χ0n) is 11.8. The topological polar surface area (TPSA) is 46.3 Å². The zero-order valence-corrected chi connectivity index (χ0v) is 13.3. The lowest BCUT2D eigenvalue weighted by Gasteiger charge is -2.25. The number of hydrogen-bond donors (Lipinski definition) is 1. The molecule has 1 saturated heterocycles. The Morgan fingerprint density at radius 2 is 2.15 bits per heavy atom. The Bertz CT molecular complexity index is 521. The van der Waals surface area contributed by atoms with Crippen LogP contribution in [0.2, 0.25) is 10.0 Å². The molecule has 0 radical (unpaired) electrons. The van der Waals surface area contributed by atoms with E-state index >= 15 is 0 Å². The van der Waals surface area contributed by atoms with E-state index in [-0.39, 0.29) is 17.2 Å². The van der Waals surface area contributed by atoms with Crippen LogP contribution < -0.4 is 5.73 Å². The lowest BCUT2D eigenvalue weighted by Crippen LogP contribution is -2.36. The van der Waals surface area contributed by atoms with Crippen LogP contribution in [0.5, 0.6) is 0 Å². The van der Waals surface area contributed by atoms with Crippen molar-refractivity contribution in [1.82, 2.24) is 4.90 Å². The van der Waals surface area contributed by atoms with Crippen molar-refractivity contribution >= 4 is 29.1 Å². The molecule has 20 heavy (non-hydrogen) atoms. The van der Waals surface area contributed by atoms with E-state index in [1.54, 1.807) is 12.1 Å². The average Bonchev–Trinajstić information content (AvgIpc) is 2.83. The number of likely N-dealkylation sites (tertiary alicyclic amines) is 1. The van der Waals surface area contributed by atoms with Crippen LogP contribution >= 0.6 is 23.2 Å². The summed E-state index contributed by atoms with van der Waals surface area (Å²) in [7, 11) is 0. The predicted molar refractivity (Wildman–Crippen MR) is 83.2 cm³/mol. The summed E-state index contributed by atoms with van der Waals surface area (Å²) >= 11 is 11.9. The molecule has 1 aromatic rings. The molecule has 0 saturated carbocycles. The summed E-state index contributed by atoms with van der Waals surface area (Å²) in [6, 6.07) is 5.36. The van der Waals surface area contributed by atoms with Gasteiger partial charge in [0.05, 0.1) is 16.0 Å². The van der Waals surface area contributed by atoms with Crippen molar-refractivity contribution in [2.24, 2.45) is 11.1 Å². The Hall–Kier alpha value is -0.770. The number of hydrogen-bond acceptors (Lipinski definition) is 2. The third-order valence-corrected chi connectivity index (χ3v) is 4.92.